The molecule has 1 heterocycles. The van der Waals surface area contributed by atoms with Gasteiger partial charge in [0.15, 0.2) is 0 Å². The van der Waals surface area contributed by atoms with Crippen LogP contribution in [0.1, 0.15) is 49.4 Å². The second-order valence-electron chi connectivity index (χ2n) is 7.73. The molecule has 2 aromatic rings. The van der Waals surface area contributed by atoms with Crippen molar-refractivity contribution in [2.24, 2.45) is 0 Å². The third-order valence-electron chi connectivity index (χ3n) is 5.47. The Morgan fingerprint density at radius 1 is 1.24 bits per heavy atom. The number of carbonyl (C=O) groups is 1. The van der Waals surface area contributed by atoms with Gasteiger partial charge >= 0.3 is 6.61 Å². The molecule has 0 unspecified atom stereocenters. The number of rotatable bonds is 7. The lowest BCUT2D eigenvalue weighted by molar-refractivity contribution is -0.124. The molecule has 0 radical (unpaired) electrons. The summed E-state index contributed by atoms with van der Waals surface area (Å²) in [7, 11) is 0. The minimum Gasteiger partial charge on any atom is -0.415 e. The van der Waals surface area contributed by atoms with E-state index in [9.17, 15) is 13.6 Å². The van der Waals surface area contributed by atoms with Crippen LogP contribution in [0.2, 0.25) is 0 Å². The molecule has 1 aliphatic carbocycles. The lowest BCUT2D eigenvalue weighted by Crippen LogP contribution is -2.52. The molecule has 1 fully saturated rings. The van der Waals surface area contributed by atoms with E-state index >= 15 is 0 Å². The molecular weight excluding hydrogens is 394 g/mol. The van der Waals surface area contributed by atoms with Crippen LogP contribution >= 0.6 is 11.8 Å². The van der Waals surface area contributed by atoms with Crippen molar-refractivity contribution in [3.63, 3.8) is 0 Å². The van der Waals surface area contributed by atoms with E-state index < -0.39 is 12.0 Å². The Bertz CT molecular complexity index is 883. The van der Waals surface area contributed by atoms with E-state index in [-0.39, 0.29) is 23.4 Å². The van der Waals surface area contributed by atoms with Crippen molar-refractivity contribution < 1.29 is 18.3 Å². The summed E-state index contributed by atoms with van der Waals surface area (Å²) >= 11 is 1.74. The fraction of sp³-hybridized carbons (Fsp3) is 0.455. The number of amides is 1. The first-order valence-electron chi connectivity index (χ1n) is 9.63. The maximum Gasteiger partial charge on any atom is 0.388 e. The van der Waals surface area contributed by atoms with Crippen molar-refractivity contribution in [1.29, 1.82) is 0 Å². The molecule has 29 heavy (non-hydrogen) atoms. The van der Waals surface area contributed by atoms with Gasteiger partial charge in [-0.1, -0.05) is 38.1 Å². The average Bonchev–Trinajstić information content (AvgIpc) is 2.63. The molecule has 4 nitrogen and oxygen atoms in total. The summed E-state index contributed by atoms with van der Waals surface area (Å²) in [6.45, 7) is 2.88. The smallest absolute Gasteiger partial charge is 0.388 e. The van der Waals surface area contributed by atoms with Crippen LogP contribution in [0.15, 0.2) is 36.4 Å². The molecule has 1 saturated carbocycles. The van der Waals surface area contributed by atoms with Gasteiger partial charge in [0.25, 0.3) is 0 Å². The van der Waals surface area contributed by atoms with Gasteiger partial charge in [0, 0.05) is 10.9 Å². The zero-order valence-corrected chi connectivity index (χ0v) is 17.9. The minimum absolute atomic E-state index is 0.162. The van der Waals surface area contributed by atoms with Crippen molar-refractivity contribution in [2.75, 3.05) is 11.6 Å². The number of thioether (sulfide) groups is 1. The van der Waals surface area contributed by atoms with Crippen molar-refractivity contribution in [3.05, 3.63) is 53.2 Å². The van der Waals surface area contributed by atoms with Gasteiger partial charge in [-0.25, -0.2) is 4.98 Å². The number of hydrogen-bond acceptors (Lipinski definition) is 4. The fourth-order valence-corrected chi connectivity index (χ4v) is 4.79. The van der Waals surface area contributed by atoms with Crippen LogP contribution < -0.4 is 10.1 Å². The topological polar surface area (TPSA) is 51.2 Å². The lowest BCUT2D eigenvalue weighted by atomic mass is 9.61. The van der Waals surface area contributed by atoms with Gasteiger partial charge < -0.3 is 10.1 Å². The number of alkyl halides is 2. The van der Waals surface area contributed by atoms with Gasteiger partial charge in [-0.3, -0.25) is 4.79 Å². The average molecular weight is 421 g/mol. The molecule has 0 aliphatic heterocycles. The highest BCUT2D eigenvalue weighted by atomic mass is 32.2. The molecule has 0 saturated heterocycles. The zero-order chi connectivity index (χ0) is 21.2. The summed E-state index contributed by atoms with van der Waals surface area (Å²) in [4.78, 5) is 17.5. The molecule has 1 N–H and O–H groups in total. The van der Waals surface area contributed by atoms with E-state index in [1.807, 2.05) is 24.5 Å². The monoisotopic (exact) mass is 420 g/mol. The van der Waals surface area contributed by atoms with Crippen molar-refractivity contribution in [3.8, 4) is 5.88 Å². The number of nitrogens with zero attached hydrogens (tertiary/aromatic N) is 1. The number of anilines is 1. The maximum atomic E-state index is 13.5. The first-order chi connectivity index (χ1) is 13.8. The number of carbonyl (C=O) groups excluding carboxylic acids is 1. The Morgan fingerprint density at radius 2 is 1.93 bits per heavy atom. The quantitative estimate of drug-likeness (QED) is 0.641. The number of aromatic nitrogens is 1. The number of ether oxygens (including phenoxy) is 1. The van der Waals surface area contributed by atoms with Crippen molar-refractivity contribution in [2.45, 2.75) is 56.8 Å². The van der Waals surface area contributed by atoms with E-state index in [1.54, 1.807) is 30.8 Å². The Labute approximate surface area is 174 Å². The summed E-state index contributed by atoms with van der Waals surface area (Å²) in [6, 6.07) is 11.2. The molecule has 1 aromatic heterocycles. The predicted molar refractivity (Wildman–Crippen MR) is 113 cm³/mol. The molecule has 0 spiro atoms. The van der Waals surface area contributed by atoms with Crippen LogP contribution in [-0.4, -0.2) is 29.0 Å². The van der Waals surface area contributed by atoms with E-state index in [0.717, 1.165) is 11.1 Å². The number of halogens is 2. The molecule has 7 heteroatoms. The normalized spacial score (nSPS) is 21.2. The van der Waals surface area contributed by atoms with Crippen LogP contribution in [0.3, 0.4) is 0 Å². The van der Waals surface area contributed by atoms with Gasteiger partial charge in [0.2, 0.25) is 11.8 Å². The molecule has 1 aromatic carbocycles. The van der Waals surface area contributed by atoms with Crippen LogP contribution in [0, 0.1) is 6.92 Å². The number of hydrogen-bond donors (Lipinski definition) is 1. The number of aryl methyl sites for hydroxylation is 1. The highest BCUT2D eigenvalue weighted by Crippen LogP contribution is 2.51. The van der Waals surface area contributed by atoms with Crippen LogP contribution in [-0.2, 0) is 10.2 Å². The third-order valence-corrected chi connectivity index (χ3v) is 6.47. The van der Waals surface area contributed by atoms with Crippen LogP contribution in [0.25, 0.3) is 0 Å². The SMILES string of the molecule is CSC1CC(C(=O)Nc2ccc(C)nc2OC(F)F)(c2ccccc2C(C)C)C1. The number of nitrogens with one attached hydrogen (secondary N) is 1. The third kappa shape index (κ3) is 4.39. The molecule has 0 bridgehead atoms. The van der Waals surface area contributed by atoms with Gasteiger partial charge in [0.05, 0.1) is 5.41 Å². The van der Waals surface area contributed by atoms with E-state index in [1.165, 1.54) is 0 Å². The second-order valence-corrected chi connectivity index (χ2v) is 8.87. The fourth-order valence-electron chi connectivity index (χ4n) is 3.89. The molecule has 3 rings (SSSR count). The number of benzene rings is 1. The summed E-state index contributed by atoms with van der Waals surface area (Å²) in [6.07, 6.45) is 3.45. The largest absolute Gasteiger partial charge is 0.415 e. The maximum absolute atomic E-state index is 13.5. The van der Waals surface area contributed by atoms with Gasteiger partial charge in [0.1, 0.15) is 5.69 Å². The summed E-state index contributed by atoms with van der Waals surface area (Å²) in [5.41, 5.74) is 2.14. The standard InChI is InChI=1S/C22H26F2N2O2S/c1-13(2)16-7-5-6-8-17(16)22(11-15(12-22)29-4)20(27)26-18-10-9-14(3)25-19(18)28-21(23)24/h5-10,13,15,21H,11-12H2,1-4H3,(H,26,27). The summed E-state index contributed by atoms with van der Waals surface area (Å²) < 4.78 is 30.2. The molecule has 1 amide bonds. The Morgan fingerprint density at radius 3 is 2.55 bits per heavy atom. The molecule has 0 atom stereocenters. The minimum atomic E-state index is -3.01. The molecular formula is C22H26F2N2O2S. The van der Waals surface area contributed by atoms with Gasteiger partial charge in [-0.15, -0.1) is 0 Å². The van der Waals surface area contributed by atoms with Crippen molar-refractivity contribution in [1.82, 2.24) is 4.98 Å². The number of pyridine rings is 1. The molecule has 1 aliphatic rings. The Hall–Kier alpha value is -2.15. The second kappa shape index (κ2) is 8.69. The van der Waals surface area contributed by atoms with Crippen molar-refractivity contribution >= 4 is 23.4 Å². The summed E-state index contributed by atoms with van der Waals surface area (Å²) in [5.74, 6) is -0.204. The molecule has 156 valence electrons. The first kappa shape index (κ1) is 21.6. The predicted octanol–water partition coefficient (Wildman–Crippen LogP) is 5.52. The van der Waals surface area contributed by atoms with Gasteiger partial charge in [-0.2, -0.15) is 20.5 Å². The summed E-state index contributed by atoms with van der Waals surface area (Å²) in [5, 5.41) is 3.21. The van der Waals surface area contributed by atoms with E-state index in [0.29, 0.717) is 23.8 Å². The van der Waals surface area contributed by atoms with E-state index in [2.05, 4.69) is 35.0 Å². The zero-order valence-electron chi connectivity index (χ0n) is 17.0. The lowest BCUT2D eigenvalue weighted by Gasteiger charge is -2.47. The van der Waals surface area contributed by atoms with E-state index in [4.69, 9.17) is 0 Å². The van der Waals surface area contributed by atoms with Gasteiger partial charge in [-0.05, 0) is 55.2 Å². The Balaban J connectivity index is 1.97. The first-order valence-corrected chi connectivity index (χ1v) is 10.9. The highest BCUT2D eigenvalue weighted by Gasteiger charge is 2.52. The van der Waals surface area contributed by atoms with Crippen LogP contribution in [0.5, 0.6) is 5.88 Å². The Kier molecular flexibility index (Phi) is 6.46. The van der Waals surface area contributed by atoms with Crippen LogP contribution in [0.4, 0.5) is 14.5 Å². The highest BCUT2D eigenvalue weighted by molar-refractivity contribution is 7.99.